The Kier molecular flexibility index (Phi) is 5.41. The molecular weight excluding hydrogens is 436 g/mol. The molecular formula is C26H27F2N5O. The van der Waals surface area contributed by atoms with Gasteiger partial charge in [0.2, 0.25) is 5.91 Å². The van der Waals surface area contributed by atoms with Gasteiger partial charge in [-0.15, -0.1) is 0 Å². The topological polar surface area (TPSA) is 71.9 Å². The number of rotatable bonds is 6. The van der Waals surface area contributed by atoms with Gasteiger partial charge in [-0.25, -0.2) is 8.78 Å². The van der Waals surface area contributed by atoms with Crippen molar-refractivity contribution in [2.75, 3.05) is 13.1 Å². The minimum absolute atomic E-state index is 0.0110. The van der Waals surface area contributed by atoms with E-state index in [9.17, 15) is 13.6 Å². The number of carbonyl (C=O) groups is 1. The van der Waals surface area contributed by atoms with Crippen molar-refractivity contribution in [3.8, 4) is 11.3 Å². The van der Waals surface area contributed by atoms with Crippen molar-refractivity contribution >= 4 is 5.91 Å². The molecule has 6 nitrogen and oxygen atoms in total. The molecule has 0 spiro atoms. The maximum atomic E-state index is 14.4. The zero-order valence-corrected chi connectivity index (χ0v) is 19.6. The Hall–Kier alpha value is -3.29. The van der Waals surface area contributed by atoms with E-state index in [4.69, 9.17) is 0 Å². The summed E-state index contributed by atoms with van der Waals surface area (Å²) in [5, 5.41) is 8.82. The molecule has 5 rings (SSSR count). The number of benzene rings is 1. The zero-order chi connectivity index (χ0) is 24.1. The number of carbonyl (C=O) groups excluding carboxylic acids is 1. The predicted molar refractivity (Wildman–Crippen MR) is 123 cm³/mol. The number of halogens is 2. The van der Waals surface area contributed by atoms with Crippen LogP contribution in [0.25, 0.3) is 11.3 Å². The molecule has 2 aliphatic carbocycles. The van der Waals surface area contributed by atoms with Gasteiger partial charge in [0, 0.05) is 37.1 Å². The summed E-state index contributed by atoms with van der Waals surface area (Å²) in [6.45, 7) is 7.45. The molecule has 1 aromatic carbocycles. The van der Waals surface area contributed by atoms with E-state index >= 15 is 0 Å². The van der Waals surface area contributed by atoms with Crippen LogP contribution >= 0.6 is 0 Å². The molecule has 2 atom stereocenters. The van der Waals surface area contributed by atoms with Gasteiger partial charge in [0.05, 0.1) is 29.1 Å². The molecule has 1 saturated carbocycles. The lowest BCUT2D eigenvalue weighted by atomic mass is 9.68. The third kappa shape index (κ3) is 3.30. The smallest absolute Gasteiger partial charge is 0.228 e. The van der Waals surface area contributed by atoms with Gasteiger partial charge < -0.3 is 4.90 Å². The summed E-state index contributed by atoms with van der Waals surface area (Å²) >= 11 is 0. The normalized spacial score (nSPS) is 22.0. The molecule has 0 radical (unpaired) electrons. The fraction of sp³-hybridized carbons (Fsp3) is 0.423. The van der Waals surface area contributed by atoms with Gasteiger partial charge in [0.15, 0.2) is 0 Å². The molecule has 2 heterocycles. The molecule has 2 aliphatic rings. The largest absolute Gasteiger partial charge is 0.342 e. The molecule has 2 bridgehead atoms. The summed E-state index contributed by atoms with van der Waals surface area (Å²) in [5.74, 6) is -1.14. The number of hydrogen-bond donors (Lipinski definition) is 0. The van der Waals surface area contributed by atoms with Crippen molar-refractivity contribution in [1.82, 2.24) is 25.1 Å². The minimum Gasteiger partial charge on any atom is -0.342 e. The monoisotopic (exact) mass is 463 g/mol. The Balaban J connectivity index is 1.51. The molecule has 34 heavy (non-hydrogen) atoms. The number of nitrogens with zero attached hydrogens (tertiary/aromatic N) is 5. The number of fused-ring (bicyclic) bond motifs is 5. The number of hydrogen-bond acceptors (Lipinski definition) is 5. The van der Waals surface area contributed by atoms with Crippen LogP contribution in [0.15, 0.2) is 42.9 Å². The molecule has 0 unspecified atom stereocenters. The van der Waals surface area contributed by atoms with E-state index in [1.54, 1.807) is 24.7 Å². The van der Waals surface area contributed by atoms with E-state index in [2.05, 4.69) is 34.0 Å². The Morgan fingerprint density at radius 2 is 1.94 bits per heavy atom. The number of aromatic nitrogens is 4. The Morgan fingerprint density at radius 3 is 2.62 bits per heavy atom. The molecule has 2 aromatic heterocycles. The molecule has 8 heteroatoms. The highest BCUT2D eigenvalue weighted by atomic mass is 19.1. The first-order chi connectivity index (χ1) is 16.3. The molecule has 0 aliphatic heterocycles. The van der Waals surface area contributed by atoms with Crippen LogP contribution in [0.3, 0.4) is 0 Å². The lowest BCUT2D eigenvalue weighted by Crippen LogP contribution is -2.48. The van der Waals surface area contributed by atoms with Crippen molar-refractivity contribution in [1.29, 1.82) is 0 Å². The average molecular weight is 464 g/mol. The van der Waals surface area contributed by atoms with Crippen LogP contribution in [0.2, 0.25) is 0 Å². The third-order valence-electron chi connectivity index (χ3n) is 7.98. The minimum atomic E-state index is -0.654. The fourth-order valence-corrected chi connectivity index (χ4v) is 6.03. The molecule has 1 fully saturated rings. The standard InChI is InChI=1S/C26H27F2N5O/c1-4-33(22(34)12-16-14-29-10-11-30-16)15-26-9-8-18(25(26,2)3)17-13-21(31-32-24(17)26)23-19(27)6-5-7-20(23)28/h5-7,10-11,13-14,18H,4,8-9,12,15H2,1-3H3/t18-,26-/m0/s1. The summed E-state index contributed by atoms with van der Waals surface area (Å²) < 4.78 is 28.9. The highest BCUT2D eigenvalue weighted by molar-refractivity contribution is 5.78. The van der Waals surface area contributed by atoms with E-state index < -0.39 is 11.6 Å². The van der Waals surface area contributed by atoms with Crippen molar-refractivity contribution in [3.63, 3.8) is 0 Å². The lowest BCUT2D eigenvalue weighted by molar-refractivity contribution is -0.131. The van der Waals surface area contributed by atoms with Crippen LogP contribution in [0.5, 0.6) is 0 Å². The fourth-order valence-electron chi connectivity index (χ4n) is 6.03. The predicted octanol–water partition coefficient (Wildman–Crippen LogP) is 4.46. The highest BCUT2D eigenvalue weighted by Gasteiger charge is 2.64. The van der Waals surface area contributed by atoms with E-state index in [-0.39, 0.29) is 40.3 Å². The summed E-state index contributed by atoms with van der Waals surface area (Å²) in [6, 6.07) is 5.60. The first-order valence-electron chi connectivity index (χ1n) is 11.6. The molecule has 3 aromatic rings. The Morgan fingerprint density at radius 1 is 1.18 bits per heavy atom. The quantitative estimate of drug-likeness (QED) is 0.540. The molecule has 176 valence electrons. The van der Waals surface area contributed by atoms with Crippen LogP contribution in [0.1, 0.15) is 56.5 Å². The van der Waals surface area contributed by atoms with Crippen molar-refractivity contribution < 1.29 is 13.6 Å². The van der Waals surface area contributed by atoms with Gasteiger partial charge in [-0.2, -0.15) is 10.2 Å². The summed E-state index contributed by atoms with van der Waals surface area (Å²) in [4.78, 5) is 23.3. The first-order valence-corrected chi connectivity index (χ1v) is 11.6. The van der Waals surface area contributed by atoms with Gasteiger partial charge in [-0.05, 0) is 54.9 Å². The van der Waals surface area contributed by atoms with Crippen LogP contribution in [-0.4, -0.2) is 44.1 Å². The molecule has 1 amide bonds. The van der Waals surface area contributed by atoms with Gasteiger partial charge in [-0.3, -0.25) is 14.8 Å². The van der Waals surface area contributed by atoms with Crippen LogP contribution in [0, 0.1) is 17.0 Å². The van der Waals surface area contributed by atoms with Crippen molar-refractivity contribution in [2.24, 2.45) is 5.41 Å². The lowest BCUT2D eigenvalue weighted by Gasteiger charge is -2.41. The first kappa shape index (κ1) is 22.5. The van der Waals surface area contributed by atoms with E-state index in [0.29, 0.717) is 18.8 Å². The molecule has 0 saturated heterocycles. The second-order valence-electron chi connectivity index (χ2n) is 9.81. The van der Waals surface area contributed by atoms with Crippen LogP contribution in [-0.2, 0) is 16.6 Å². The zero-order valence-electron chi connectivity index (χ0n) is 19.6. The van der Waals surface area contributed by atoms with Crippen molar-refractivity contribution in [2.45, 2.75) is 51.4 Å². The molecule has 0 N–H and O–H groups in total. The van der Waals surface area contributed by atoms with Crippen LogP contribution in [0.4, 0.5) is 8.78 Å². The maximum absolute atomic E-state index is 14.4. The average Bonchev–Trinajstić information content (AvgIpc) is 3.17. The Labute approximate surface area is 197 Å². The number of amides is 1. The summed E-state index contributed by atoms with van der Waals surface area (Å²) in [6.07, 6.45) is 6.78. The van der Waals surface area contributed by atoms with Gasteiger partial charge >= 0.3 is 0 Å². The summed E-state index contributed by atoms with van der Waals surface area (Å²) in [5.41, 5.74) is 1.97. The summed E-state index contributed by atoms with van der Waals surface area (Å²) in [7, 11) is 0. The number of likely N-dealkylation sites (N-methyl/N-ethyl adjacent to an activating group) is 1. The maximum Gasteiger partial charge on any atom is 0.228 e. The van der Waals surface area contributed by atoms with E-state index in [0.717, 1.165) is 24.1 Å². The van der Waals surface area contributed by atoms with Gasteiger partial charge in [-0.1, -0.05) is 19.9 Å². The van der Waals surface area contributed by atoms with E-state index in [1.807, 2.05) is 11.8 Å². The van der Waals surface area contributed by atoms with E-state index in [1.165, 1.54) is 18.2 Å². The second kappa shape index (κ2) is 8.18. The van der Waals surface area contributed by atoms with Crippen LogP contribution < -0.4 is 0 Å². The third-order valence-corrected chi connectivity index (χ3v) is 7.98. The second-order valence-corrected chi connectivity index (χ2v) is 9.81. The van der Waals surface area contributed by atoms with Crippen molar-refractivity contribution in [3.05, 3.63) is 71.4 Å². The van der Waals surface area contributed by atoms with Gasteiger partial charge in [0.1, 0.15) is 11.6 Å². The Bertz CT molecular complexity index is 1230. The highest BCUT2D eigenvalue weighted by Crippen LogP contribution is 2.67. The SMILES string of the molecule is CCN(C[C@@]12CC[C@@H](c3cc(-c4c(F)cccc4F)nnc31)C2(C)C)C(=O)Cc1cnccn1. The van der Waals surface area contributed by atoms with Gasteiger partial charge in [0.25, 0.3) is 0 Å².